The second-order valence-corrected chi connectivity index (χ2v) is 7.94. The molecule has 148 valence electrons. The molecular weight excluding hydrogens is 365 g/mol. The lowest BCUT2D eigenvalue weighted by atomic mass is 9.84. The van der Waals surface area contributed by atoms with Gasteiger partial charge in [-0.15, -0.1) is 24.8 Å². The first-order valence-electron chi connectivity index (χ1n) is 10.1. The zero-order valence-corrected chi connectivity index (χ0v) is 18.1. The molecule has 0 aromatic heterocycles. The highest BCUT2D eigenvalue weighted by Gasteiger charge is 2.48. The maximum atomic E-state index is 2.79. The molecule has 26 heavy (non-hydrogen) atoms. The lowest BCUT2D eigenvalue weighted by Gasteiger charge is -2.54. The van der Waals surface area contributed by atoms with E-state index in [0.717, 1.165) is 0 Å². The topological polar surface area (TPSA) is 9.72 Å². The zero-order valence-electron chi connectivity index (χ0n) is 16.5. The van der Waals surface area contributed by atoms with E-state index in [9.17, 15) is 0 Å². The summed E-state index contributed by atoms with van der Waals surface area (Å²) in [4.78, 5) is 8.19. The number of allylic oxidation sites excluding steroid dienone is 2. The molecule has 3 nitrogen and oxygen atoms in total. The number of hydrogen-bond acceptors (Lipinski definition) is 3. The van der Waals surface area contributed by atoms with Crippen LogP contribution in [0.2, 0.25) is 0 Å². The summed E-state index contributed by atoms with van der Waals surface area (Å²) in [7, 11) is 0. The molecule has 1 unspecified atom stereocenters. The highest BCUT2D eigenvalue weighted by Crippen LogP contribution is 2.43. The van der Waals surface area contributed by atoms with Crippen LogP contribution in [-0.2, 0) is 0 Å². The highest BCUT2D eigenvalue weighted by atomic mass is 35.5. The minimum Gasteiger partial charge on any atom is -0.343 e. The first kappa shape index (κ1) is 21.8. The molecule has 0 amide bonds. The van der Waals surface area contributed by atoms with Gasteiger partial charge in [0, 0.05) is 31.0 Å². The molecule has 0 saturated carbocycles. The summed E-state index contributed by atoms with van der Waals surface area (Å²) >= 11 is 0. The van der Waals surface area contributed by atoms with E-state index in [0.29, 0.717) is 18.1 Å². The summed E-state index contributed by atoms with van der Waals surface area (Å²) in [6.07, 6.45) is 13.6. The smallest absolute Gasteiger partial charge is 0.0548 e. The van der Waals surface area contributed by atoms with E-state index in [-0.39, 0.29) is 24.8 Å². The van der Waals surface area contributed by atoms with Gasteiger partial charge in [0.15, 0.2) is 0 Å². The number of nitrogens with zero attached hydrogens (tertiary/aromatic N) is 3. The summed E-state index contributed by atoms with van der Waals surface area (Å²) in [6, 6.07) is 1.93. The largest absolute Gasteiger partial charge is 0.343 e. The summed E-state index contributed by atoms with van der Waals surface area (Å²) in [6.45, 7) is 11.9. The van der Waals surface area contributed by atoms with E-state index < -0.39 is 0 Å². The molecule has 0 bridgehead atoms. The number of piperazine rings is 1. The van der Waals surface area contributed by atoms with Crippen LogP contribution in [0.3, 0.4) is 0 Å². The normalized spacial score (nSPS) is 30.8. The molecule has 1 saturated heterocycles. The van der Waals surface area contributed by atoms with Crippen molar-refractivity contribution in [2.45, 2.75) is 71.0 Å². The number of halogens is 2. The van der Waals surface area contributed by atoms with Crippen molar-refractivity contribution < 1.29 is 0 Å². The number of rotatable bonds is 4. The van der Waals surface area contributed by atoms with Gasteiger partial charge in [-0.3, -0.25) is 9.80 Å². The Hall–Kier alpha value is -0.480. The predicted octanol–water partition coefficient (Wildman–Crippen LogP) is 4.60. The van der Waals surface area contributed by atoms with Crippen molar-refractivity contribution in [3.8, 4) is 0 Å². The maximum Gasteiger partial charge on any atom is 0.0548 e. The Morgan fingerprint density at radius 2 is 1.88 bits per heavy atom. The average molecular weight is 400 g/mol. The Balaban J connectivity index is 0.00000121. The van der Waals surface area contributed by atoms with Gasteiger partial charge in [0.2, 0.25) is 0 Å². The fourth-order valence-electron chi connectivity index (χ4n) is 5.40. The lowest BCUT2D eigenvalue weighted by Crippen LogP contribution is -2.67. The molecule has 0 aromatic rings. The number of likely N-dealkylation sites (N-methyl/N-ethyl adjacent to an activating group) is 1. The van der Waals surface area contributed by atoms with E-state index in [1.807, 2.05) is 0 Å². The lowest BCUT2D eigenvalue weighted by molar-refractivity contribution is -0.00314. The van der Waals surface area contributed by atoms with Gasteiger partial charge >= 0.3 is 0 Å². The molecule has 0 spiro atoms. The minimum atomic E-state index is 0. The van der Waals surface area contributed by atoms with Crippen molar-refractivity contribution in [2.75, 3.05) is 26.2 Å². The van der Waals surface area contributed by atoms with Crippen LogP contribution in [-0.4, -0.2) is 59.0 Å². The van der Waals surface area contributed by atoms with Gasteiger partial charge in [0.25, 0.3) is 0 Å². The second-order valence-electron chi connectivity index (χ2n) is 7.94. The van der Waals surface area contributed by atoms with Crippen LogP contribution in [0.25, 0.3) is 0 Å². The third-order valence-electron chi connectivity index (χ3n) is 6.56. The fraction of sp³-hybridized carbons (Fsp3) is 0.714. The molecule has 3 heterocycles. The van der Waals surface area contributed by atoms with Crippen molar-refractivity contribution in [2.24, 2.45) is 0 Å². The zero-order chi connectivity index (χ0) is 16.7. The second kappa shape index (κ2) is 9.14. The summed E-state index contributed by atoms with van der Waals surface area (Å²) < 4.78 is 0. The fourth-order valence-corrected chi connectivity index (χ4v) is 5.40. The average Bonchev–Trinajstić information content (AvgIpc) is 2.98. The van der Waals surface area contributed by atoms with Gasteiger partial charge < -0.3 is 4.90 Å². The van der Waals surface area contributed by atoms with Gasteiger partial charge in [0.1, 0.15) is 0 Å². The van der Waals surface area contributed by atoms with Crippen molar-refractivity contribution in [3.63, 3.8) is 0 Å². The standard InChI is InChI=1S/C21H33N3.2ClH/c1-4-6-11-23-13-12-22(5-2)21-19-14-17-9-7-8-10-18(17)24(19)15-16(3)20(21)23;;/h8,10,15,19-21H,4-7,9,11-14H2,1-3H3;2*1H/t19-,20?,21-;;/m0../s1. The quantitative estimate of drug-likeness (QED) is 0.683. The Bertz CT molecular complexity index is 584. The van der Waals surface area contributed by atoms with Crippen LogP contribution >= 0.6 is 24.8 Å². The highest BCUT2D eigenvalue weighted by molar-refractivity contribution is 5.85. The Morgan fingerprint density at radius 3 is 2.62 bits per heavy atom. The molecule has 5 heteroatoms. The van der Waals surface area contributed by atoms with Gasteiger partial charge in [-0.05, 0) is 62.9 Å². The van der Waals surface area contributed by atoms with Gasteiger partial charge in [-0.25, -0.2) is 0 Å². The number of unbranched alkanes of at least 4 members (excludes halogenated alkanes) is 1. The molecule has 0 radical (unpaired) electrons. The summed E-state index contributed by atoms with van der Waals surface area (Å²) in [5.74, 6) is 0. The van der Waals surface area contributed by atoms with Crippen molar-refractivity contribution in [1.82, 2.24) is 14.7 Å². The van der Waals surface area contributed by atoms with Gasteiger partial charge in [-0.2, -0.15) is 0 Å². The van der Waals surface area contributed by atoms with Crippen molar-refractivity contribution in [1.29, 1.82) is 0 Å². The summed E-state index contributed by atoms with van der Waals surface area (Å²) in [5, 5.41) is 0. The number of hydrogen-bond donors (Lipinski definition) is 0. The van der Waals surface area contributed by atoms with Crippen LogP contribution in [0.4, 0.5) is 0 Å². The molecule has 4 rings (SSSR count). The SMILES string of the molecule is CCCCN1CCN(CC)[C@@H]2C1C(C)=CN1C3=C(CCC=C3)C[C@@H]21.Cl.Cl. The van der Waals surface area contributed by atoms with Crippen LogP contribution < -0.4 is 0 Å². The summed E-state index contributed by atoms with van der Waals surface area (Å²) in [5.41, 5.74) is 4.79. The maximum absolute atomic E-state index is 2.79. The van der Waals surface area contributed by atoms with E-state index in [1.165, 1.54) is 64.0 Å². The van der Waals surface area contributed by atoms with E-state index >= 15 is 0 Å². The first-order valence-corrected chi connectivity index (χ1v) is 10.1. The Kier molecular flexibility index (Phi) is 7.67. The molecule has 1 fully saturated rings. The minimum absolute atomic E-state index is 0. The predicted molar refractivity (Wildman–Crippen MR) is 115 cm³/mol. The molecular formula is C21H35Cl2N3. The van der Waals surface area contributed by atoms with Gasteiger partial charge in [-0.1, -0.05) is 26.3 Å². The van der Waals surface area contributed by atoms with Crippen molar-refractivity contribution in [3.05, 3.63) is 35.2 Å². The first-order chi connectivity index (χ1) is 11.7. The van der Waals surface area contributed by atoms with E-state index in [4.69, 9.17) is 0 Å². The van der Waals surface area contributed by atoms with Crippen LogP contribution in [0.15, 0.2) is 35.2 Å². The van der Waals surface area contributed by atoms with Crippen LogP contribution in [0.5, 0.6) is 0 Å². The molecule has 3 aliphatic heterocycles. The third kappa shape index (κ3) is 3.61. The van der Waals surface area contributed by atoms with Gasteiger partial charge in [0.05, 0.1) is 12.1 Å². The third-order valence-corrected chi connectivity index (χ3v) is 6.56. The Morgan fingerprint density at radius 1 is 1.12 bits per heavy atom. The van der Waals surface area contributed by atoms with E-state index in [2.05, 4.69) is 53.8 Å². The van der Waals surface area contributed by atoms with Crippen LogP contribution in [0.1, 0.15) is 52.9 Å². The molecule has 3 atom stereocenters. The van der Waals surface area contributed by atoms with Crippen molar-refractivity contribution >= 4 is 24.8 Å². The Labute approximate surface area is 172 Å². The van der Waals surface area contributed by atoms with E-state index in [1.54, 1.807) is 11.1 Å². The monoisotopic (exact) mass is 399 g/mol. The molecule has 0 N–H and O–H groups in total. The molecule has 0 aromatic carbocycles. The molecule has 4 aliphatic rings. The van der Waals surface area contributed by atoms with Crippen LogP contribution in [0, 0.1) is 0 Å². The molecule has 1 aliphatic carbocycles. The number of fused-ring (bicyclic) bond motifs is 4.